The number of aryl methyl sites for hydroxylation is 2. The minimum absolute atomic E-state index is 0.0245. The standard InChI is InChI=1S/C22H18ClN3O4S/c1-13-20(21(23)26(2)24-13)31(29,30)25-19-11-10-16(17-8-3-4-9-18(17)19)14-6-5-7-15(12-14)22(27)28/h3-12,25H,1-2H3,(H,27,28). The summed E-state index contributed by atoms with van der Waals surface area (Å²) in [5, 5.41) is 14.8. The summed E-state index contributed by atoms with van der Waals surface area (Å²) < 4.78 is 30.1. The van der Waals surface area contributed by atoms with Gasteiger partial charge in [0.15, 0.2) is 0 Å². The molecule has 0 amide bonds. The Kier molecular flexibility index (Phi) is 5.20. The third-order valence-corrected chi connectivity index (χ3v) is 7.02. The first-order valence-electron chi connectivity index (χ1n) is 9.26. The largest absolute Gasteiger partial charge is 0.478 e. The number of sulfonamides is 1. The Balaban J connectivity index is 1.84. The van der Waals surface area contributed by atoms with Crippen LogP contribution in [0.5, 0.6) is 0 Å². The second-order valence-corrected chi connectivity index (χ2v) is 9.00. The lowest BCUT2D eigenvalue weighted by atomic mass is 9.96. The van der Waals surface area contributed by atoms with Gasteiger partial charge in [-0.25, -0.2) is 13.2 Å². The van der Waals surface area contributed by atoms with Crippen LogP contribution in [-0.2, 0) is 17.1 Å². The van der Waals surface area contributed by atoms with Gasteiger partial charge in [-0.2, -0.15) is 5.10 Å². The molecule has 31 heavy (non-hydrogen) atoms. The van der Waals surface area contributed by atoms with Crippen molar-refractivity contribution in [3.8, 4) is 11.1 Å². The molecule has 0 aliphatic heterocycles. The molecule has 0 saturated heterocycles. The van der Waals surface area contributed by atoms with Crippen molar-refractivity contribution in [2.75, 3.05) is 4.72 Å². The highest BCUT2D eigenvalue weighted by Gasteiger charge is 2.26. The van der Waals surface area contributed by atoms with E-state index in [2.05, 4.69) is 9.82 Å². The Hall–Kier alpha value is -3.36. The third-order valence-electron chi connectivity index (χ3n) is 4.96. The maximum Gasteiger partial charge on any atom is 0.335 e. The second kappa shape index (κ2) is 7.72. The quantitative estimate of drug-likeness (QED) is 0.454. The number of nitrogens with one attached hydrogen (secondary N) is 1. The molecular formula is C22H18ClN3O4S. The fourth-order valence-corrected chi connectivity index (χ4v) is 5.40. The Morgan fingerprint density at radius 3 is 2.42 bits per heavy atom. The summed E-state index contributed by atoms with van der Waals surface area (Å²) >= 11 is 6.16. The van der Waals surface area contributed by atoms with E-state index in [1.807, 2.05) is 18.2 Å². The number of nitrogens with zero attached hydrogens (tertiary/aromatic N) is 2. The van der Waals surface area contributed by atoms with Gasteiger partial charge in [0.1, 0.15) is 10.0 Å². The van der Waals surface area contributed by atoms with E-state index in [1.54, 1.807) is 50.4 Å². The highest BCUT2D eigenvalue weighted by molar-refractivity contribution is 7.93. The van der Waals surface area contributed by atoms with Crippen LogP contribution in [0, 0.1) is 6.92 Å². The minimum Gasteiger partial charge on any atom is -0.478 e. The van der Waals surface area contributed by atoms with Crippen LogP contribution in [0.1, 0.15) is 16.1 Å². The molecule has 4 rings (SSSR count). The van der Waals surface area contributed by atoms with Crippen LogP contribution in [0.25, 0.3) is 21.9 Å². The van der Waals surface area contributed by atoms with Crippen molar-refractivity contribution < 1.29 is 18.3 Å². The number of hydrogen-bond donors (Lipinski definition) is 2. The number of fused-ring (bicyclic) bond motifs is 1. The van der Waals surface area contributed by atoms with Crippen molar-refractivity contribution in [3.63, 3.8) is 0 Å². The molecule has 0 saturated carbocycles. The molecule has 9 heteroatoms. The monoisotopic (exact) mass is 455 g/mol. The van der Waals surface area contributed by atoms with E-state index >= 15 is 0 Å². The highest BCUT2D eigenvalue weighted by Crippen LogP contribution is 2.35. The molecule has 0 fully saturated rings. The molecular weight excluding hydrogens is 438 g/mol. The maximum absolute atomic E-state index is 13.1. The average Bonchev–Trinajstić information content (AvgIpc) is 3.00. The second-order valence-electron chi connectivity index (χ2n) is 7.03. The van der Waals surface area contributed by atoms with Crippen molar-refractivity contribution in [2.45, 2.75) is 11.8 Å². The van der Waals surface area contributed by atoms with Gasteiger partial charge in [0.2, 0.25) is 0 Å². The number of hydrogen-bond acceptors (Lipinski definition) is 4. The molecule has 0 atom stereocenters. The predicted octanol–water partition coefficient (Wildman–Crippen LogP) is 4.70. The van der Waals surface area contributed by atoms with Crippen LogP contribution >= 0.6 is 11.6 Å². The van der Waals surface area contributed by atoms with Crippen LogP contribution in [0.4, 0.5) is 5.69 Å². The van der Waals surface area contributed by atoms with Gasteiger partial charge in [-0.1, -0.05) is 54.1 Å². The lowest BCUT2D eigenvalue weighted by Crippen LogP contribution is -2.14. The van der Waals surface area contributed by atoms with E-state index in [-0.39, 0.29) is 15.6 Å². The minimum atomic E-state index is -3.98. The molecule has 0 unspecified atom stereocenters. The first kappa shape index (κ1) is 20.9. The molecule has 4 aromatic rings. The van der Waals surface area contributed by atoms with Crippen LogP contribution < -0.4 is 4.72 Å². The zero-order chi connectivity index (χ0) is 22.3. The zero-order valence-electron chi connectivity index (χ0n) is 16.6. The van der Waals surface area contributed by atoms with E-state index in [1.165, 1.54) is 10.7 Å². The zero-order valence-corrected chi connectivity index (χ0v) is 18.2. The third kappa shape index (κ3) is 3.75. The van der Waals surface area contributed by atoms with Crippen molar-refractivity contribution in [1.29, 1.82) is 0 Å². The van der Waals surface area contributed by atoms with Crippen molar-refractivity contribution in [3.05, 3.63) is 77.1 Å². The normalized spacial score (nSPS) is 11.6. The van der Waals surface area contributed by atoms with Crippen LogP contribution in [-0.4, -0.2) is 29.3 Å². The van der Waals surface area contributed by atoms with Gasteiger partial charge >= 0.3 is 5.97 Å². The molecule has 2 N–H and O–H groups in total. The van der Waals surface area contributed by atoms with Crippen molar-refractivity contribution in [1.82, 2.24) is 9.78 Å². The number of aromatic nitrogens is 2. The summed E-state index contributed by atoms with van der Waals surface area (Å²) in [4.78, 5) is 11.3. The van der Waals surface area contributed by atoms with E-state index in [0.717, 1.165) is 16.5 Å². The van der Waals surface area contributed by atoms with Gasteiger partial charge < -0.3 is 5.11 Å². The first-order valence-corrected chi connectivity index (χ1v) is 11.1. The fourth-order valence-electron chi connectivity index (χ4n) is 3.57. The molecule has 158 valence electrons. The predicted molar refractivity (Wildman–Crippen MR) is 120 cm³/mol. The molecule has 1 aromatic heterocycles. The van der Waals surface area contributed by atoms with Gasteiger partial charge in [0.25, 0.3) is 10.0 Å². The van der Waals surface area contributed by atoms with Crippen molar-refractivity contribution >= 4 is 44.1 Å². The van der Waals surface area contributed by atoms with Gasteiger partial charge in [-0.3, -0.25) is 9.40 Å². The number of halogens is 1. The van der Waals surface area contributed by atoms with E-state index < -0.39 is 16.0 Å². The molecule has 0 aliphatic carbocycles. The van der Waals surface area contributed by atoms with Gasteiger partial charge in [0.05, 0.1) is 16.9 Å². The topological polar surface area (TPSA) is 101 Å². The lowest BCUT2D eigenvalue weighted by Gasteiger charge is -2.14. The lowest BCUT2D eigenvalue weighted by molar-refractivity contribution is 0.0697. The Labute approximate surface area is 183 Å². The molecule has 1 heterocycles. The molecule has 0 radical (unpaired) electrons. The summed E-state index contributed by atoms with van der Waals surface area (Å²) in [6.45, 7) is 1.58. The van der Waals surface area contributed by atoms with Crippen LogP contribution in [0.15, 0.2) is 65.6 Å². The number of benzene rings is 3. The highest BCUT2D eigenvalue weighted by atomic mass is 35.5. The van der Waals surface area contributed by atoms with Crippen LogP contribution in [0.2, 0.25) is 5.15 Å². The fraction of sp³-hybridized carbons (Fsp3) is 0.0909. The Morgan fingerprint density at radius 1 is 1.06 bits per heavy atom. The summed E-state index contributed by atoms with van der Waals surface area (Å²) in [5.74, 6) is -1.01. The summed E-state index contributed by atoms with van der Waals surface area (Å²) in [7, 11) is -2.41. The smallest absolute Gasteiger partial charge is 0.335 e. The number of carbonyl (C=O) groups is 1. The Morgan fingerprint density at radius 2 is 1.77 bits per heavy atom. The maximum atomic E-state index is 13.1. The summed E-state index contributed by atoms with van der Waals surface area (Å²) in [5.41, 5.74) is 2.36. The van der Waals surface area contributed by atoms with E-state index in [9.17, 15) is 18.3 Å². The molecule has 7 nitrogen and oxygen atoms in total. The number of rotatable bonds is 5. The van der Waals surface area contributed by atoms with E-state index in [0.29, 0.717) is 16.8 Å². The SMILES string of the molecule is Cc1nn(C)c(Cl)c1S(=O)(=O)Nc1ccc(-c2cccc(C(=O)O)c2)c2ccccc12. The number of carboxylic acids is 1. The summed E-state index contributed by atoms with van der Waals surface area (Å²) in [6, 6.07) is 17.3. The summed E-state index contributed by atoms with van der Waals surface area (Å²) in [6.07, 6.45) is 0. The van der Waals surface area contributed by atoms with Crippen molar-refractivity contribution in [2.24, 2.45) is 7.05 Å². The number of carboxylic acid groups (broad SMARTS) is 1. The molecule has 0 bridgehead atoms. The number of aromatic carboxylic acids is 1. The van der Waals surface area contributed by atoms with Gasteiger partial charge in [-0.05, 0) is 41.6 Å². The van der Waals surface area contributed by atoms with E-state index in [4.69, 9.17) is 11.6 Å². The molecule has 0 spiro atoms. The molecule has 0 aliphatic rings. The molecule has 3 aromatic carbocycles. The van der Waals surface area contributed by atoms with Gasteiger partial charge in [-0.15, -0.1) is 0 Å². The number of anilines is 1. The average molecular weight is 456 g/mol. The first-order chi connectivity index (χ1) is 14.7. The Bertz CT molecular complexity index is 1440. The van der Waals surface area contributed by atoms with Crippen LogP contribution in [0.3, 0.4) is 0 Å². The van der Waals surface area contributed by atoms with Gasteiger partial charge in [0, 0.05) is 12.4 Å².